The fourth-order valence-electron chi connectivity index (χ4n) is 3.12. The van der Waals surface area contributed by atoms with E-state index in [1.807, 2.05) is 39.8 Å². The van der Waals surface area contributed by atoms with E-state index >= 15 is 0 Å². The first-order valence-corrected chi connectivity index (χ1v) is 8.41. The van der Waals surface area contributed by atoms with Gasteiger partial charge in [0.2, 0.25) is 0 Å². The molecule has 0 radical (unpaired) electrons. The number of hydrogen-bond donors (Lipinski definition) is 0. The van der Waals surface area contributed by atoms with Crippen LogP contribution in [0.5, 0.6) is 5.75 Å². The van der Waals surface area contributed by atoms with Crippen LogP contribution in [0.3, 0.4) is 0 Å². The van der Waals surface area contributed by atoms with Gasteiger partial charge in [0.1, 0.15) is 5.75 Å². The monoisotopic (exact) mass is 332 g/mol. The van der Waals surface area contributed by atoms with Crippen LogP contribution in [-0.4, -0.2) is 38.0 Å². The highest BCUT2D eigenvalue weighted by Crippen LogP contribution is 2.42. The summed E-state index contributed by atoms with van der Waals surface area (Å²) in [6.07, 6.45) is 1.10. The number of ether oxygens (including phenoxy) is 2. The normalized spacial score (nSPS) is 22.0. The Hall–Kier alpha value is -1.53. The third-order valence-electron chi connectivity index (χ3n) is 5.36. The Bertz CT molecular complexity index is 624. The zero-order valence-corrected chi connectivity index (χ0v) is 15.0. The Morgan fingerprint density at radius 3 is 2.54 bits per heavy atom. The van der Waals surface area contributed by atoms with E-state index < -0.39 is 18.3 Å². The molecule has 0 amide bonds. The molecule has 2 heterocycles. The molecule has 1 atom stereocenters. The van der Waals surface area contributed by atoms with Gasteiger partial charge in [-0.1, -0.05) is 12.1 Å². The fourth-order valence-corrected chi connectivity index (χ4v) is 3.12. The molecule has 0 saturated carbocycles. The lowest BCUT2D eigenvalue weighted by Crippen LogP contribution is -2.41. The van der Waals surface area contributed by atoms with Crippen LogP contribution in [0.25, 0.3) is 0 Å². The summed E-state index contributed by atoms with van der Waals surface area (Å²) in [7, 11) is 0.912. The van der Waals surface area contributed by atoms with Gasteiger partial charge in [-0.15, -0.1) is 0 Å². The molecule has 2 aliphatic rings. The summed E-state index contributed by atoms with van der Waals surface area (Å²) in [5.41, 5.74) is 1.31. The topological polar surface area (TPSA) is 54.0 Å². The van der Waals surface area contributed by atoms with Crippen LogP contribution in [0.15, 0.2) is 18.2 Å². The van der Waals surface area contributed by atoms with Crippen LogP contribution in [0, 0.1) is 0 Å². The summed E-state index contributed by atoms with van der Waals surface area (Å²) in [6, 6.07) is 6.05. The van der Waals surface area contributed by atoms with Crippen molar-refractivity contribution in [2.45, 2.75) is 57.6 Å². The number of carbonyl (C=O) groups excluding carboxylic acids is 1. The molecule has 130 valence electrons. The number of methoxy groups -OCH3 is 1. The van der Waals surface area contributed by atoms with E-state index in [1.165, 1.54) is 12.7 Å². The predicted octanol–water partition coefficient (Wildman–Crippen LogP) is 2.90. The number of rotatable bonds is 4. The Balaban J connectivity index is 1.91. The highest BCUT2D eigenvalue weighted by atomic mass is 16.7. The summed E-state index contributed by atoms with van der Waals surface area (Å²) in [5, 5.41) is 0. The maximum absolute atomic E-state index is 12.0. The maximum Gasteiger partial charge on any atom is 0.466 e. The zero-order chi connectivity index (χ0) is 17.5. The summed E-state index contributed by atoms with van der Waals surface area (Å²) in [6.45, 7) is 8.76. The smallest absolute Gasteiger partial charge is 0.466 e. The van der Waals surface area contributed by atoms with Crippen molar-refractivity contribution in [1.29, 1.82) is 0 Å². The van der Waals surface area contributed by atoms with Gasteiger partial charge in [-0.2, -0.15) is 0 Å². The second-order valence-electron chi connectivity index (χ2n) is 7.48. The maximum atomic E-state index is 12.0. The van der Waals surface area contributed by atoms with Crippen LogP contribution >= 0.6 is 0 Å². The number of fused-ring (bicyclic) bond motifs is 1. The van der Waals surface area contributed by atoms with Crippen molar-refractivity contribution >= 4 is 13.1 Å². The van der Waals surface area contributed by atoms with E-state index in [4.69, 9.17) is 18.8 Å². The van der Waals surface area contributed by atoms with E-state index in [2.05, 4.69) is 6.07 Å². The Morgan fingerprint density at radius 1 is 1.25 bits per heavy atom. The van der Waals surface area contributed by atoms with Crippen molar-refractivity contribution in [1.82, 2.24) is 0 Å². The molecule has 0 spiro atoms. The van der Waals surface area contributed by atoms with Crippen LogP contribution in [0.2, 0.25) is 0 Å². The summed E-state index contributed by atoms with van der Waals surface area (Å²) >= 11 is 0. The Kier molecular flexibility index (Phi) is 4.38. The quantitative estimate of drug-likeness (QED) is 0.627. The lowest BCUT2D eigenvalue weighted by Gasteiger charge is -2.32. The number of esters is 1. The molecule has 3 rings (SSSR count). The van der Waals surface area contributed by atoms with Gasteiger partial charge >= 0.3 is 13.1 Å². The summed E-state index contributed by atoms with van der Waals surface area (Å²) in [5.74, 6) is 0.431. The fraction of sp³-hybridized carbons (Fsp3) is 0.611. The highest BCUT2D eigenvalue weighted by Gasteiger charge is 2.54. The minimum Gasteiger partial charge on any atom is -0.493 e. The minimum atomic E-state index is -0.491. The first kappa shape index (κ1) is 17.3. The van der Waals surface area contributed by atoms with Gasteiger partial charge in [0.25, 0.3) is 0 Å². The highest BCUT2D eigenvalue weighted by molar-refractivity contribution is 6.48. The van der Waals surface area contributed by atoms with E-state index in [0.29, 0.717) is 6.61 Å². The van der Waals surface area contributed by atoms with Crippen LogP contribution in [-0.2, 0) is 25.3 Å². The molecule has 1 unspecified atom stereocenters. The van der Waals surface area contributed by atoms with Crippen LogP contribution in [0.1, 0.15) is 51.1 Å². The van der Waals surface area contributed by atoms with E-state index in [9.17, 15) is 4.79 Å². The van der Waals surface area contributed by atoms with Gasteiger partial charge in [-0.3, -0.25) is 4.79 Å². The lowest BCUT2D eigenvalue weighted by atomic mass is 9.66. The first-order chi connectivity index (χ1) is 11.2. The molecule has 0 N–H and O–H groups in total. The summed E-state index contributed by atoms with van der Waals surface area (Å²) in [4.78, 5) is 12.0. The molecule has 5 nitrogen and oxygen atoms in total. The molecule has 1 aromatic rings. The average Bonchev–Trinajstić information content (AvgIpc) is 3.05. The van der Waals surface area contributed by atoms with Crippen molar-refractivity contribution in [2.75, 3.05) is 13.7 Å². The molecule has 0 bridgehead atoms. The van der Waals surface area contributed by atoms with Crippen molar-refractivity contribution < 1.29 is 23.6 Å². The van der Waals surface area contributed by atoms with E-state index in [-0.39, 0.29) is 18.2 Å². The number of carbonyl (C=O) groups is 1. The summed E-state index contributed by atoms with van der Waals surface area (Å²) < 4.78 is 22.8. The molecule has 0 aromatic heterocycles. The molecule has 24 heavy (non-hydrogen) atoms. The average molecular weight is 332 g/mol. The third-order valence-corrected chi connectivity index (χ3v) is 5.36. The van der Waals surface area contributed by atoms with Gasteiger partial charge in [0.15, 0.2) is 0 Å². The molecule has 6 heteroatoms. The molecular formula is C18H25BO5. The van der Waals surface area contributed by atoms with Gasteiger partial charge in [0.05, 0.1) is 31.3 Å². The van der Waals surface area contributed by atoms with Crippen molar-refractivity contribution in [3.05, 3.63) is 29.3 Å². The largest absolute Gasteiger partial charge is 0.493 e. The van der Waals surface area contributed by atoms with Gasteiger partial charge in [0, 0.05) is 12.2 Å². The predicted molar refractivity (Wildman–Crippen MR) is 91.1 cm³/mol. The Labute approximate surface area is 143 Å². The van der Waals surface area contributed by atoms with E-state index in [0.717, 1.165) is 17.7 Å². The zero-order valence-electron chi connectivity index (χ0n) is 15.0. The van der Waals surface area contributed by atoms with Crippen LogP contribution < -0.4 is 4.74 Å². The minimum absolute atomic E-state index is 0.215. The molecular weight excluding hydrogens is 307 g/mol. The standard InChI is InChI=1S/C18H25BO5/c1-17(2)18(3,4)24-19(23-17)14(11-16(20)21-5)12-6-7-15-13(10-12)8-9-22-15/h6-7,10,14H,8-9,11H2,1-5H3. The van der Waals surface area contributed by atoms with Gasteiger partial charge in [-0.05, 0) is 44.9 Å². The van der Waals surface area contributed by atoms with Crippen molar-refractivity contribution in [2.24, 2.45) is 0 Å². The van der Waals surface area contributed by atoms with Crippen molar-refractivity contribution in [3.63, 3.8) is 0 Å². The van der Waals surface area contributed by atoms with Gasteiger partial charge < -0.3 is 18.8 Å². The third kappa shape index (κ3) is 3.05. The molecule has 1 fully saturated rings. The molecule has 1 aromatic carbocycles. The molecule has 1 saturated heterocycles. The van der Waals surface area contributed by atoms with E-state index in [1.54, 1.807) is 0 Å². The number of benzene rings is 1. The molecule has 0 aliphatic carbocycles. The second-order valence-corrected chi connectivity index (χ2v) is 7.48. The first-order valence-electron chi connectivity index (χ1n) is 8.41. The van der Waals surface area contributed by atoms with Crippen molar-refractivity contribution in [3.8, 4) is 5.75 Å². The second kappa shape index (κ2) is 6.08. The molecule has 2 aliphatic heterocycles. The van der Waals surface area contributed by atoms with Crippen LogP contribution in [0.4, 0.5) is 0 Å². The lowest BCUT2D eigenvalue weighted by molar-refractivity contribution is -0.140. The SMILES string of the molecule is COC(=O)CC(B1OC(C)(C)C(C)(C)O1)c1ccc2c(c1)CCO2. The van der Waals surface area contributed by atoms with Gasteiger partial charge in [-0.25, -0.2) is 0 Å². The number of hydrogen-bond acceptors (Lipinski definition) is 5. The Morgan fingerprint density at radius 2 is 1.92 bits per heavy atom.